The average Bonchev–Trinajstić information content (AvgIpc) is 2.78. The van der Waals surface area contributed by atoms with Gasteiger partial charge in [-0.25, -0.2) is 9.59 Å². The molecule has 0 aliphatic heterocycles. The van der Waals surface area contributed by atoms with E-state index in [-0.39, 0.29) is 11.9 Å². The van der Waals surface area contributed by atoms with Crippen LogP contribution in [-0.2, 0) is 19.1 Å². The van der Waals surface area contributed by atoms with Crippen LogP contribution in [0.3, 0.4) is 0 Å². The molecule has 0 aliphatic rings. The van der Waals surface area contributed by atoms with Crippen LogP contribution in [0.2, 0.25) is 0 Å². The first-order valence-corrected chi connectivity index (χ1v) is 13.7. The fraction of sp³-hybridized carbons (Fsp3) is 0.857. The summed E-state index contributed by atoms with van der Waals surface area (Å²) in [6.07, 6.45) is 20.5. The van der Waals surface area contributed by atoms with Crippen LogP contribution < -0.4 is 0 Å². The van der Waals surface area contributed by atoms with Gasteiger partial charge in [0.25, 0.3) is 0 Å². The van der Waals surface area contributed by atoms with Crippen LogP contribution in [-0.4, -0.2) is 25.2 Å². The lowest BCUT2D eigenvalue weighted by Gasteiger charge is -2.14. The van der Waals surface area contributed by atoms with E-state index in [0.717, 1.165) is 25.7 Å². The Balaban J connectivity index is 4.82. The van der Waals surface area contributed by atoms with Crippen molar-refractivity contribution in [3.8, 4) is 0 Å². The maximum Gasteiger partial charge on any atom is 0.334 e. The number of ether oxygens (including phenoxy) is 2. The van der Waals surface area contributed by atoms with Crippen LogP contribution in [0, 0.1) is 0 Å². The number of carbonyl (C=O) groups is 2. The molecule has 0 aliphatic carbocycles. The number of unbranched alkanes of at least 4 members (excludes halogenated alkanes) is 14. The van der Waals surface area contributed by atoms with Crippen molar-refractivity contribution >= 4 is 11.9 Å². The molecule has 0 N–H and O–H groups in total. The second kappa shape index (κ2) is 22.9. The molecule has 0 rings (SSSR count). The highest BCUT2D eigenvalue weighted by molar-refractivity contribution is 6.00. The van der Waals surface area contributed by atoms with Crippen molar-refractivity contribution in [2.45, 2.75) is 143 Å². The van der Waals surface area contributed by atoms with Crippen LogP contribution in [0.4, 0.5) is 0 Å². The van der Waals surface area contributed by atoms with Gasteiger partial charge in [-0.1, -0.05) is 104 Å². The first-order valence-electron chi connectivity index (χ1n) is 13.7. The fourth-order valence-electron chi connectivity index (χ4n) is 4.06. The number of hydrogen-bond acceptors (Lipinski definition) is 4. The van der Waals surface area contributed by atoms with Crippen molar-refractivity contribution < 1.29 is 19.1 Å². The van der Waals surface area contributed by atoms with E-state index in [0.29, 0.717) is 37.2 Å². The van der Waals surface area contributed by atoms with E-state index in [1.807, 2.05) is 13.8 Å². The van der Waals surface area contributed by atoms with Crippen LogP contribution in [0.25, 0.3) is 0 Å². The van der Waals surface area contributed by atoms with E-state index in [4.69, 9.17) is 9.47 Å². The van der Waals surface area contributed by atoms with Gasteiger partial charge in [0.05, 0.1) is 13.2 Å². The van der Waals surface area contributed by atoms with Gasteiger partial charge in [-0.15, -0.1) is 0 Å². The number of carbonyl (C=O) groups excluding carboxylic acids is 2. The smallest absolute Gasteiger partial charge is 0.334 e. The van der Waals surface area contributed by atoms with E-state index in [2.05, 4.69) is 13.8 Å². The molecular formula is C28H52O4. The van der Waals surface area contributed by atoms with Gasteiger partial charge in [0.1, 0.15) is 0 Å². The molecule has 0 atom stereocenters. The minimum Gasteiger partial charge on any atom is -0.463 e. The zero-order valence-corrected chi connectivity index (χ0v) is 21.8. The third-order valence-corrected chi connectivity index (χ3v) is 5.97. The van der Waals surface area contributed by atoms with Crippen molar-refractivity contribution in [3.63, 3.8) is 0 Å². The van der Waals surface area contributed by atoms with Crippen molar-refractivity contribution in [2.24, 2.45) is 0 Å². The van der Waals surface area contributed by atoms with Crippen LogP contribution in [0.15, 0.2) is 11.1 Å². The van der Waals surface area contributed by atoms with Gasteiger partial charge in [0, 0.05) is 11.1 Å². The minimum absolute atomic E-state index is 0.327. The predicted molar refractivity (Wildman–Crippen MR) is 135 cm³/mol. The molecule has 0 unspecified atom stereocenters. The number of esters is 2. The first-order chi connectivity index (χ1) is 15.6. The summed E-state index contributed by atoms with van der Waals surface area (Å²) in [6, 6.07) is 0. The maximum absolute atomic E-state index is 12.7. The number of rotatable bonds is 22. The minimum atomic E-state index is -0.335. The monoisotopic (exact) mass is 452 g/mol. The molecule has 32 heavy (non-hydrogen) atoms. The van der Waals surface area contributed by atoms with Gasteiger partial charge in [-0.3, -0.25) is 0 Å². The summed E-state index contributed by atoms with van der Waals surface area (Å²) in [5.74, 6) is -0.670. The third-order valence-electron chi connectivity index (χ3n) is 5.97. The molecule has 0 fully saturated rings. The highest BCUT2D eigenvalue weighted by atomic mass is 16.5. The maximum atomic E-state index is 12.7. The lowest BCUT2D eigenvalue weighted by molar-refractivity contribution is -0.142. The Hall–Kier alpha value is -1.32. The fourth-order valence-corrected chi connectivity index (χ4v) is 4.06. The van der Waals surface area contributed by atoms with Gasteiger partial charge in [0.15, 0.2) is 0 Å². The molecule has 4 heteroatoms. The Kier molecular flexibility index (Phi) is 21.9. The van der Waals surface area contributed by atoms with Crippen LogP contribution in [0.1, 0.15) is 143 Å². The summed E-state index contributed by atoms with van der Waals surface area (Å²) in [4.78, 5) is 25.4. The van der Waals surface area contributed by atoms with E-state index >= 15 is 0 Å². The third kappa shape index (κ3) is 16.3. The van der Waals surface area contributed by atoms with E-state index in [9.17, 15) is 9.59 Å². The quantitative estimate of drug-likeness (QED) is 0.0938. The SMILES string of the molecule is CCCCCCCCCC/C(C(=O)OCC)=C(\CCCCCCCCCC)C(=O)OCC. The van der Waals surface area contributed by atoms with Gasteiger partial charge < -0.3 is 9.47 Å². The molecule has 0 radical (unpaired) electrons. The van der Waals surface area contributed by atoms with E-state index in [1.165, 1.54) is 77.0 Å². The Labute approximate surface area is 198 Å². The zero-order valence-electron chi connectivity index (χ0n) is 21.8. The standard InChI is InChI=1S/C28H52O4/c1-5-9-11-13-15-17-19-21-23-25(27(29)31-7-3)26(28(30)32-8-4)24-22-20-18-16-14-12-10-6-2/h5-24H2,1-4H3/b26-25-. The lowest BCUT2D eigenvalue weighted by Crippen LogP contribution is -2.17. The molecule has 188 valence electrons. The topological polar surface area (TPSA) is 52.6 Å². The molecule has 0 aromatic carbocycles. The van der Waals surface area contributed by atoms with Crippen molar-refractivity contribution in [1.82, 2.24) is 0 Å². The van der Waals surface area contributed by atoms with Gasteiger partial charge in [-0.05, 0) is 39.5 Å². The van der Waals surface area contributed by atoms with Gasteiger partial charge in [0.2, 0.25) is 0 Å². The first kappa shape index (κ1) is 30.7. The highest BCUT2D eigenvalue weighted by Crippen LogP contribution is 2.23. The second-order valence-corrected chi connectivity index (χ2v) is 8.85. The number of hydrogen-bond donors (Lipinski definition) is 0. The molecule has 0 bridgehead atoms. The van der Waals surface area contributed by atoms with Gasteiger partial charge >= 0.3 is 11.9 Å². The highest BCUT2D eigenvalue weighted by Gasteiger charge is 2.22. The summed E-state index contributed by atoms with van der Waals surface area (Å²) in [7, 11) is 0. The Bertz CT molecular complexity index is 452. The second-order valence-electron chi connectivity index (χ2n) is 8.85. The molecular weight excluding hydrogens is 400 g/mol. The molecule has 0 spiro atoms. The molecule has 0 saturated heterocycles. The molecule has 0 amide bonds. The summed E-state index contributed by atoms with van der Waals surface area (Å²) in [6.45, 7) is 8.75. The zero-order chi connectivity index (χ0) is 23.9. The van der Waals surface area contributed by atoms with E-state index in [1.54, 1.807) is 0 Å². The summed E-state index contributed by atoms with van der Waals surface area (Å²) >= 11 is 0. The lowest BCUT2D eigenvalue weighted by atomic mass is 9.96. The van der Waals surface area contributed by atoms with Crippen LogP contribution >= 0.6 is 0 Å². The Morgan fingerprint density at radius 1 is 0.438 bits per heavy atom. The molecule has 0 aromatic heterocycles. The summed E-state index contributed by atoms with van der Waals surface area (Å²) in [5, 5.41) is 0. The van der Waals surface area contributed by atoms with Crippen LogP contribution in [0.5, 0.6) is 0 Å². The largest absolute Gasteiger partial charge is 0.463 e. The molecule has 4 nitrogen and oxygen atoms in total. The molecule has 0 saturated carbocycles. The van der Waals surface area contributed by atoms with Gasteiger partial charge in [-0.2, -0.15) is 0 Å². The van der Waals surface area contributed by atoms with E-state index < -0.39 is 0 Å². The van der Waals surface area contributed by atoms with Crippen molar-refractivity contribution in [3.05, 3.63) is 11.1 Å². The Morgan fingerprint density at radius 3 is 1.00 bits per heavy atom. The average molecular weight is 453 g/mol. The predicted octanol–water partition coefficient (Wildman–Crippen LogP) is 8.47. The normalized spacial score (nSPS) is 11.9. The molecule has 0 heterocycles. The van der Waals surface area contributed by atoms with Crippen molar-refractivity contribution in [2.75, 3.05) is 13.2 Å². The Morgan fingerprint density at radius 2 is 0.719 bits per heavy atom. The van der Waals surface area contributed by atoms with Crippen molar-refractivity contribution in [1.29, 1.82) is 0 Å². The summed E-state index contributed by atoms with van der Waals surface area (Å²) in [5.41, 5.74) is 1.11. The summed E-state index contributed by atoms with van der Waals surface area (Å²) < 4.78 is 10.6. The molecule has 0 aromatic rings.